The van der Waals surface area contributed by atoms with E-state index in [9.17, 15) is 0 Å². The first kappa shape index (κ1) is 14.3. The average molecular weight is 252 g/mol. The van der Waals surface area contributed by atoms with Gasteiger partial charge in [-0.25, -0.2) is 0 Å². The normalized spacial score (nSPS) is 46.0. The van der Waals surface area contributed by atoms with Gasteiger partial charge in [0.1, 0.15) is 0 Å². The number of rotatable bonds is 3. The summed E-state index contributed by atoms with van der Waals surface area (Å²) in [6.45, 7) is 4.66. The third-order valence-electron chi connectivity index (χ3n) is 5.67. The predicted octanol–water partition coefficient (Wildman–Crippen LogP) is 3.29. The summed E-state index contributed by atoms with van der Waals surface area (Å²) < 4.78 is 0. The number of nitrogens with two attached hydrogens (primary N) is 2. The molecular weight excluding hydrogens is 220 g/mol. The number of hydrogen-bond acceptors (Lipinski definition) is 2. The highest BCUT2D eigenvalue weighted by atomic mass is 14.7. The van der Waals surface area contributed by atoms with Crippen molar-refractivity contribution in [1.29, 1.82) is 0 Å². The van der Waals surface area contributed by atoms with Crippen LogP contribution in [0.2, 0.25) is 0 Å². The molecule has 2 fully saturated rings. The lowest BCUT2D eigenvalue weighted by Gasteiger charge is -2.35. The van der Waals surface area contributed by atoms with Gasteiger partial charge in [-0.05, 0) is 62.2 Å². The summed E-state index contributed by atoms with van der Waals surface area (Å²) in [7, 11) is 0. The van der Waals surface area contributed by atoms with E-state index in [0.29, 0.717) is 12.1 Å². The van der Waals surface area contributed by atoms with Crippen LogP contribution in [0.15, 0.2) is 0 Å². The van der Waals surface area contributed by atoms with Crippen molar-refractivity contribution in [3.8, 4) is 0 Å². The lowest BCUT2D eigenvalue weighted by Crippen LogP contribution is -2.35. The summed E-state index contributed by atoms with van der Waals surface area (Å²) in [5, 5.41) is 0. The van der Waals surface area contributed by atoms with Crippen molar-refractivity contribution in [3.05, 3.63) is 0 Å². The van der Waals surface area contributed by atoms with Crippen LogP contribution in [-0.4, -0.2) is 12.1 Å². The highest BCUT2D eigenvalue weighted by molar-refractivity contribution is 4.83. The lowest BCUT2D eigenvalue weighted by molar-refractivity contribution is 0.194. The molecule has 6 unspecified atom stereocenters. The Bertz CT molecular complexity index is 227. The minimum Gasteiger partial charge on any atom is -0.327 e. The molecule has 2 saturated carbocycles. The van der Waals surface area contributed by atoms with E-state index in [1.54, 1.807) is 0 Å². The fourth-order valence-corrected chi connectivity index (χ4v) is 4.06. The standard InChI is InChI=1S/C16H32N2/c1-11-9-13(5-7-15(11)17)3-4-14-6-8-16(18)12(2)10-14/h11-16H,3-10,17-18H2,1-2H3. The Balaban J connectivity index is 1.69. The Labute approximate surface area is 113 Å². The van der Waals surface area contributed by atoms with E-state index in [2.05, 4.69) is 13.8 Å². The largest absolute Gasteiger partial charge is 0.327 e. The topological polar surface area (TPSA) is 52.0 Å². The molecule has 0 heterocycles. The molecule has 2 rings (SSSR count). The first-order valence-corrected chi connectivity index (χ1v) is 8.07. The van der Waals surface area contributed by atoms with Crippen LogP contribution in [0.1, 0.15) is 65.2 Å². The number of hydrogen-bond donors (Lipinski definition) is 2. The zero-order valence-electron chi connectivity index (χ0n) is 12.3. The summed E-state index contributed by atoms with van der Waals surface area (Å²) in [6, 6.07) is 0.933. The van der Waals surface area contributed by atoms with Gasteiger partial charge in [-0.3, -0.25) is 0 Å². The maximum absolute atomic E-state index is 6.10. The Morgan fingerprint density at radius 2 is 1.11 bits per heavy atom. The fourth-order valence-electron chi connectivity index (χ4n) is 4.06. The highest BCUT2D eigenvalue weighted by Gasteiger charge is 2.28. The monoisotopic (exact) mass is 252 g/mol. The molecule has 0 aromatic rings. The van der Waals surface area contributed by atoms with Crippen LogP contribution in [-0.2, 0) is 0 Å². The smallest absolute Gasteiger partial charge is 0.00647 e. The Hall–Kier alpha value is -0.0800. The quantitative estimate of drug-likeness (QED) is 0.810. The maximum Gasteiger partial charge on any atom is 0.00647 e. The summed E-state index contributed by atoms with van der Waals surface area (Å²) in [5.41, 5.74) is 12.2. The van der Waals surface area contributed by atoms with Crippen molar-refractivity contribution in [3.63, 3.8) is 0 Å². The molecule has 2 heteroatoms. The van der Waals surface area contributed by atoms with E-state index in [1.165, 1.54) is 51.4 Å². The summed E-state index contributed by atoms with van der Waals surface area (Å²) >= 11 is 0. The van der Waals surface area contributed by atoms with Gasteiger partial charge in [0, 0.05) is 12.1 Å². The first-order valence-electron chi connectivity index (χ1n) is 8.07. The van der Waals surface area contributed by atoms with E-state index in [1.807, 2.05) is 0 Å². The molecule has 106 valence electrons. The third kappa shape index (κ3) is 3.71. The molecule has 2 nitrogen and oxygen atoms in total. The molecule has 0 aromatic carbocycles. The minimum atomic E-state index is 0.467. The zero-order chi connectivity index (χ0) is 13.1. The van der Waals surface area contributed by atoms with Crippen molar-refractivity contribution in [1.82, 2.24) is 0 Å². The second-order valence-corrected chi connectivity index (χ2v) is 7.22. The van der Waals surface area contributed by atoms with Gasteiger partial charge < -0.3 is 11.5 Å². The summed E-state index contributed by atoms with van der Waals surface area (Å²) in [6.07, 6.45) is 10.8. The maximum atomic E-state index is 6.10. The van der Waals surface area contributed by atoms with Crippen LogP contribution in [0.3, 0.4) is 0 Å². The molecule has 0 radical (unpaired) electrons. The van der Waals surface area contributed by atoms with Gasteiger partial charge in [-0.1, -0.05) is 26.7 Å². The van der Waals surface area contributed by atoms with Crippen molar-refractivity contribution in [2.45, 2.75) is 77.3 Å². The first-order chi connectivity index (χ1) is 8.56. The van der Waals surface area contributed by atoms with E-state index in [4.69, 9.17) is 11.5 Å². The molecule has 0 spiro atoms. The van der Waals surface area contributed by atoms with Gasteiger partial charge in [-0.2, -0.15) is 0 Å². The Morgan fingerprint density at radius 3 is 1.44 bits per heavy atom. The van der Waals surface area contributed by atoms with Gasteiger partial charge in [0.25, 0.3) is 0 Å². The second kappa shape index (κ2) is 6.38. The molecule has 0 aromatic heterocycles. The molecule has 2 aliphatic rings. The lowest BCUT2D eigenvalue weighted by atomic mass is 9.73. The SMILES string of the molecule is CC1CC(CCC2CCC(N)C(C)C2)CCC1N. The van der Waals surface area contributed by atoms with Gasteiger partial charge in [-0.15, -0.1) is 0 Å². The average Bonchev–Trinajstić information content (AvgIpc) is 2.35. The summed E-state index contributed by atoms with van der Waals surface area (Å²) in [5.74, 6) is 3.38. The molecule has 18 heavy (non-hydrogen) atoms. The van der Waals surface area contributed by atoms with Crippen molar-refractivity contribution in [2.24, 2.45) is 35.1 Å². The summed E-state index contributed by atoms with van der Waals surface area (Å²) in [4.78, 5) is 0. The minimum absolute atomic E-state index is 0.467. The zero-order valence-corrected chi connectivity index (χ0v) is 12.3. The van der Waals surface area contributed by atoms with E-state index in [0.717, 1.165) is 23.7 Å². The van der Waals surface area contributed by atoms with Gasteiger partial charge >= 0.3 is 0 Å². The fraction of sp³-hybridized carbons (Fsp3) is 1.00. The van der Waals surface area contributed by atoms with E-state index >= 15 is 0 Å². The molecule has 2 aliphatic carbocycles. The molecule has 0 bridgehead atoms. The third-order valence-corrected chi connectivity index (χ3v) is 5.67. The van der Waals surface area contributed by atoms with Gasteiger partial charge in [0.15, 0.2) is 0 Å². The second-order valence-electron chi connectivity index (χ2n) is 7.22. The van der Waals surface area contributed by atoms with Crippen LogP contribution in [0.25, 0.3) is 0 Å². The van der Waals surface area contributed by atoms with Crippen LogP contribution >= 0.6 is 0 Å². The van der Waals surface area contributed by atoms with E-state index in [-0.39, 0.29) is 0 Å². The molecule has 6 atom stereocenters. The Kier molecular flexibility index (Phi) is 5.08. The van der Waals surface area contributed by atoms with Crippen LogP contribution in [0, 0.1) is 23.7 Å². The van der Waals surface area contributed by atoms with Gasteiger partial charge in [0.2, 0.25) is 0 Å². The Morgan fingerprint density at radius 1 is 0.722 bits per heavy atom. The predicted molar refractivity (Wildman–Crippen MR) is 78.2 cm³/mol. The molecule has 4 N–H and O–H groups in total. The highest BCUT2D eigenvalue weighted by Crippen LogP contribution is 2.36. The molecule has 0 saturated heterocycles. The van der Waals surface area contributed by atoms with Crippen LogP contribution < -0.4 is 11.5 Å². The molecule has 0 amide bonds. The molecular formula is C16H32N2. The van der Waals surface area contributed by atoms with Crippen LogP contribution in [0.4, 0.5) is 0 Å². The van der Waals surface area contributed by atoms with Crippen molar-refractivity contribution >= 4 is 0 Å². The van der Waals surface area contributed by atoms with Crippen LogP contribution in [0.5, 0.6) is 0 Å². The van der Waals surface area contributed by atoms with E-state index < -0.39 is 0 Å². The molecule has 0 aliphatic heterocycles. The van der Waals surface area contributed by atoms with Crippen molar-refractivity contribution in [2.75, 3.05) is 0 Å². The van der Waals surface area contributed by atoms with Crippen molar-refractivity contribution < 1.29 is 0 Å². The van der Waals surface area contributed by atoms with Gasteiger partial charge in [0.05, 0.1) is 0 Å².